The van der Waals surface area contributed by atoms with Crippen molar-refractivity contribution in [2.45, 2.75) is 0 Å². The highest BCUT2D eigenvalue weighted by Gasteiger charge is 2.10. The van der Waals surface area contributed by atoms with Crippen LogP contribution in [0.4, 0.5) is 10.1 Å². The molecule has 3 aromatic rings. The number of carbonyl (C=O) groups is 2. The lowest BCUT2D eigenvalue weighted by atomic mass is 10.0. The monoisotopic (exact) mass is 379 g/mol. The zero-order chi connectivity index (χ0) is 19.9. The molecule has 6 heteroatoms. The third kappa shape index (κ3) is 4.94. The van der Waals surface area contributed by atoms with Crippen molar-refractivity contribution in [1.29, 1.82) is 0 Å². The SMILES string of the molecule is COc1ccc(NC(=O)COc2ccc(C(=O)c3ccc(F)cc3)cc2)cc1. The Morgan fingerprint density at radius 2 is 1.36 bits per heavy atom. The van der Waals surface area contributed by atoms with Crippen LogP contribution in [0.5, 0.6) is 11.5 Å². The predicted octanol–water partition coefficient (Wildman–Crippen LogP) is 4.08. The third-order valence-electron chi connectivity index (χ3n) is 3.97. The molecule has 0 aliphatic carbocycles. The molecule has 5 nitrogen and oxygen atoms in total. The predicted molar refractivity (Wildman–Crippen MR) is 103 cm³/mol. The summed E-state index contributed by atoms with van der Waals surface area (Å²) in [5, 5.41) is 2.71. The average Bonchev–Trinajstić information content (AvgIpc) is 2.73. The number of amides is 1. The number of ether oxygens (including phenoxy) is 2. The van der Waals surface area contributed by atoms with E-state index < -0.39 is 5.82 Å². The number of hydrogen-bond acceptors (Lipinski definition) is 4. The number of methoxy groups -OCH3 is 1. The van der Waals surface area contributed by atoms with E-state index in [0.29, 0.717) is 28.3 Å². The Morgan fingerprint density at radius 1 is 0.821 bits per heavy atom. The molecule has 28 heavy (non-hydrogen) atoms. The van der Waals surface area contributed by atoms with Crippen LogP contribution < -0.4 is 14.8 Å². The van der Waals surface area contributed by atoms with Crippen LogP contribution in [0.15, 0.2) is 72.8 Å². The van der Waals surface area contributed by atoms with Gasteiger partial charge in [0.2, 0.25) is 0 Å². The number of rotatable bonds is 7. The van der Waals surface area contributed by atoms with E-state index in [2.05, 4.69) is 5.32 Å². The highest BCUT2D eigenvalue weighted by molar-refractivity contribution is 6.09. The molecule has 0 aliphatic rings. The number of benzene rings is 3. The summed E-state index contributed by atoms with van der Waals surface area (Å²) in [6.07, 6.45) is 0. The van der Waals surface area contributed by atoms with Crippen molar-refractivity contribution in [3.05, 3.63) is 89.7 Å². The van der Waals surface area contributed by atoms with E-state index >= 15 is 0 Å². The quantitative estimate of drug-likeness (QED) is 0.628. The van der Waals surface area contributed by atoms with Crippen molar-refractivity contribution in [2.75, 3.05) is 19.0 Å². The fraction of sp³-hybridized carbons (Fsp3) is 0.0909. The van der Waals surface area contributed by atoms with Gasteiger partial charge >= 0.3 is 0 Å². The molecule has 0 radical (unpaired) electrons. The summed E-state index contributed by atoms with van der Waals surface area (Å²) in [5.41, 5.74) is 1.48. The van der Waals surface area contributed by atoms with Gasteiger partial charge in [0.25, 0.3) is 5.91 Å². The lowest BCUT2D eigenvalue weighted by Crippen LogP contribution is -2.20. The maximum absolute atomic E-state index is 13.0. The molecule has 3 rings (SSSR count). The Bertz CT molecular complexity index is 951. The molecule has 0 bridgehead atoms. The Balaban J connectivity index is 1.54. The van der Waals surface area contributed by atoms with Gasteiger partial charge in [-0.25, -0.2) is 4.39 Å². The summed E-state index contributed by atoms with van der Waals surface area (Å²) < 4.78 is 23.5. The summed E-state index contributed by atoms with van der Waals surface area (Å²) >= 11 is 0. The highest BCUT2D eigenvalue weighted by Crippen LogP contribution is 2.17. The van der Waals surface area contributed by atoms with Crippen molar-refractivity contribution >= 4 is 17.4 Å². The third-order valence-corrected chi connectivity index (χ3v) is 3.97. The average molecular weight is 379 g/mol. The summed E-state index contributed by atoms with van der Waals surface area (Å²) in [7, 11) is 1.57. The molecule has 0 spiro atoms. The van der Waals surface area contributed by atoms with Crippen molar-refractivity contribution in [3.8, 4) is 11.5 Å². The highest BCUT2D eigenvalue weighted by atomic mass is 19.1. The number of anilines is 1. The molecule has 0 heterocycles. The van der Waals surface area contributed by atoms with Crippen LogP contribution in [-0.4, -0.2) is 25.4 Å². The molecule has 0 saturated carbocycles. The van der Waals surface area contributed by atoms with E-state index in [4.69, 9.17) is 9.47 Å². The molecule has 0 fully saturated rings. The summed E-state index contributed by atoms with van der Waals surface area (Å²) in [6.45, 7) is -0.169. The van der Waals surface area contributed by atoms with Gasteiger partial charge in [-0.3, -0.25) is 9.59 Å². The largest absolute Gasteiger partial charge is 0.497 e. The summed E-state index contributed by atoms with van der Waals surface area (Å²) in [5.74, 6) is 0.235. The van der Waals surface area contributed by atoms with Crippen LogP contribution in [0.2, 0.25) is 0 Å². The zero-order valence-corrected chi connectivity index (χ0v) is 15.1. The maximum Gasteiger partial charge on any atom is 0.262 e. The van der Waals surface area contributed by atoms with E-state index in [1.54, 1.807) is 55.6 Å². The van der Waals surface area contributed by atoms with Crippen LogP contribution in [-0.2, 0) is 4.79 Å². The molecular weight excluding hydrogens is 361 g/mol. The molecule has 1 amide bonds. The lowest BCUT2D eigenvalue weighted by molar-refractivity contribution is -0.118. The summed E-state index contributed by atoms with van der Waals surface area (Å²) in [6, 6.07) is 18.7. The van der Waals surface area contributed by atoms with Gasteiger partial charge in [0.05, 0.1) is 7.11 Å². The van der Waals surface area contributed by atoms with Gasteiger partial charge in [-0.05, 0) is 72.8 Å². The number of hydrogen-bond donors (Lipinski definition) is 1. The van der Waals surface area contributed by atoms with E-state index in [1.807, 2.05) is 0 Å². The smallest absolute Gasteiger partial charge is 0.262 e. The minimum atomic E-state index is -0.395. The second-order valence-electron chi connectivity index (χ2n) is 5.93. The Morgan fingerprint density at radius 3 is 1.93 bits per heavy atom. The first-order chi connectivity index (χ1) is 13.5. The molecule has 0 atom stereocenters. The molecular formula is C22H18FNO4. The lowest BCUT2D eigenvalue weighted by Gasteiger charge is -2.09. The molecule has 1 N–H and O–H groups in total. The number of halogens is 1. The maximum atomic E-state index is 13.0. The van der Waals surface area contributed by atoms with Crippen LogP contribution >= 0.6 is 0 Å². The molecule has 0 aliphatic heterocycles. The van der Waals surface area contributed by atoms with Gasteiger partial charge in [-0.1, -0.05) is 0 Å². The van der Waals surface area contributed by atoms with Crippen LogP contribution in [0.1, 0.15) is 15.9 Å². The van der Waals surface area contributed by atoms with Crippen molar-refractivity contribution in [2.24, 2.45) is 0 Å². The first kappa shape index (κ1) is 19.1. The van der Waals surface area contributed by atoms with E-state index in [1.165, 1.54) is 24.3 Å². The molecule has 3 aromatic carbocycles. The second-order valence-corrected chi connectivity index (χ2v) is 5.93. The summed E-state index contributed by atoms with van der Waals surface area (Å²) in [4.78, 5) is 24.3. The van der Waals surface area contributed by atoms with Gasteiger partial charge in [0.15, 0.2) is 12.4 Å². The van der Waals surface area contributed by atoms with Gasteiger partial charge in [0, 0.05) is 16.8 Å². The fourth-order valence-corrected chi connectivity index (χ4v) is 2.49. The normalized spacial score (nSPS) is 10.2. The van der Waals surface area contributed by atoms with Crippen LogP contribution in [0, 0.1) is 5.82 Å². The van der Waals surface area contributed by atoms with E-state index in [9.17, 15) is 14.0 Å². The Labute approximate surface area is 161 Å². The number of nitrogens with one attached hydrogen (secondary N) is 1. The molecule has 0 aromatic heterocycles. The molecule has 0 saturated heterocycles. The van der Waals surface area contributed by atoms with Gasteiger partial charge < -0.3 is 14.8 Å². The minimum absolute atomic E-state index is 0.169. The first-order valence-electron chi connectivity index (χ1n) is 8.52. The van der Waals surface area contributed by atoms with Crippen molar-refractivity contribution < 1.29 is 23.5 Å². The topological polar surface area (TPSA) is 64.6 Å². The standard InChI is InChI=1S/C22H18FNO4/c1-27-19-12-8-18(9-13-19)24-21(25)14-28-20-10-4-16(5-11-20)22(26)15-2-6-17(23)7-3-15/h2-13H,14H2,1H3,(H,24,25). The number of carbonyl (C=O) groups excluding carboxylic acids is 2. The fourth-order valence-electron chi connectivity index (χ4n) is 2.49. The van der Waals surface area contributed by atoms with Gasteiger partial charge in [0.1, 0.15) is 17.3 Å². The van der Waals surface area contributed by atoms with Crippen LogP contribution in [0.3, 0.4) is 0 Å². The minimum Gasteiger partial charge on any atom is -0.497 e. The first-order valence-corrected chi connectivity index (χ1v) is 8.52. The molecule has 142 valence electrons. The Hall–Kier alpha value is -3.67. The van der Waals surface area contributed by atoms with E-state index in [-0.39, 0.29) is 18.3 Å². The number of ketones is 1. The zero-order valence-electron chi connectivity index (χ0n) is 15.1. The molecule has 0 unspecified atom stereocenters. The van der Waals surface area contributed by atoms with E-state index in [0.717, 1.165) is 0 Å². The van der Waals surface area contributed by atoms with Crippen molar-refractivity contribution in [1.82, 2.24) is 0 Å². The second kappa shape index (κ2) is 8.81. The van der Waals surface area contributed by atoms with Crippen molar-refractivity contribution in [3.63, 3.8) is 0 Å². The van der Waals surface area contributed by atoms with Gasteiger partial charge in [-0.15, -0.1) is 0 Å². The Kier molecular flexibility index (Phi) is 6.01. The van der Waals surface area contributed by atoms with Crippen LogP contribution in [0.25, 0.3) is 0 Å². The van der Waals surface area contributed by atoms with Gasteiger partial charge in [-0.2, -0.15) is 0 Å².